The van der Waals surface area contributed by atoms with Crippen LogP contribution in [0.3, 0.4) is 0 Å². The molecular weight excluding hydrogens is 414 g/mol. The Bertz CT molecular complexity index is 1110. The van der Waals surface area contributed by atoms with Crippen molar-refractivity contribution in [1.29, 1.82) is 5.26 Å². The Labute approximate surface area is 195 Å². The van der Waals surface area contributed by atoms with Crippen molar-refractivity contribution < 1.29 is 14.3 Å². The van der Waals surface area contributed by atoms with Crippen LogP contribution in [0.5, 0.6) is 5.75 Å². The lowest BCUT2D eigenvalue weighted by Gasteiger charge is -2.15. The second-order valence-electron chi connectivity index (χ2n) is 8.28. The summed E-state index contributed by atoms with van der Waals surface area (Å²) < 4.78 is 10.7. The molecule has 0 bridgehead atoms. The van der Waals surface area contributed by atoms with Crippen molar-refractivity contribution in [1.82, 2.24) is 5.32 Å². The third-order valence-electron chi connectivity index (χ3n) is 5.56. The predicted molar refractivity (Wildman–Crippen MR) is 130 cm³/mol. The molecule has 1 aliphatic carbocycles. The van der Waals surface area contributed by atoms with Crippen LogP contribution in [0, 0.1) is 11.3 Å². The summed E-state index contributed by atoms with van der Waals surface area (Å²) in [6.45, 7) is 12.4. The van der Waals surface area contributed by atoms with E-state index < -0.39 is 0 Å². The minimum Gasteiger partial charge on any atom is -0.490 e. The minimum absolute atomic E-state index is 0.00623. The van der Waals surface area contributed by atoms with E-state index in [4.69, 9.17) is 14.5 Å². The Hall–Kier alpha value is -3.43. The fourth-order valence-corrected chi connectivity index (χ4v) is 4.08. The molecule has 6 heteroatoms. The van der Waals surface area contributed by atoms with Gasteiger partial charge in [0.2, 0.25) is 0 Å². The van der Waals surface area contributed by atoms with Crippen molar-refractivity contribution in [3.05, 3.63) is 70.8 Å². The molecule has 2 aromatic rings. The van der Waals surface area contributed by atoms with E-state index in [1.807, 2.05) is 45.0 Å². The molecule has 172 valence electrons. The zero-order valence-corrected chi connectivity index (χ0v) is 19.8. The van der Waals surface area contributed by atoms with E-state index in [0.29, 0.717) is 23.6 Å². The minimum atomic E-state index is -0.242. The van der Waals surface area contributed by atoms with Crippen LogP contribution in [0.2, 0.25) is 0 Å². The number of nitrogens with one attached hydrogen (secondary N) is 1. The number of benzene rings is 2. The molecule has 0 saturated carbocycles. The van der Waals surface area contributed by atoms with E-state index >= 15 is 0 Å². The van der Waals surface area contributed by atoms with Crippen LogP contribution in [0.1, 0.15) is 68.0 Å². The molecule has 1 N–H and O–H groups in total. The third-order valence-corrected chi connectivity index (χ3v) is 5.56. The number of carbonyl (C=O) groups is 1. The average molecular weight is 446 g/mol. The first-order valence-corrected chi connectivity index (χ1v) is 11.3. The van der Waals surface area contributed by atoms with Gasteiger partial charge in [-0.3, -0.25) is 9.79 Å². The highest BCUT2D eigenvalue weighted by atomic mass is 16.5. The maximum Gasteiger partial charge on any atom is 0.319 e. The van der Waals surface area contributed by atoms with Crippen LogP contribution < -0.4 is 10.1 Å². The van der Waals surface area contributed by atoms with Crippen molar-refractivity contribution in [3.63, 3.8) is 0 Å². The molecule has 33 heavy (non-hydrogen) atoms. The van der Waals surface area contributed by atoms with Crippen molar-refractivity contribution in [2.75, 3.05) is 13.2 Å². The average Bonchev–Trinajstić information content (AvgIpc) is 3.20. The van der Waals surface area contributed by atoms with Gasteiger partial charge in [-0.05, 0) is 75.4 Å². The van der Waals surface area contributed by atoms with Crippen LogP contribution in [0.4, 0.5) is 0 Å². The first-order chi connectivity index (χ1) is 15.8. The third kappa shape index (κ3) is 5.88. The summed E-state index contributed by atoms with van der Waals surface area (Å²) in [5.74, 6) is 0.332. The number of nitriles is 1. The molecule has 3 rings (SSSR count). The number of fused-ring (bicyclic) bond motifs is 1. The summed E-state index contributed by atoms with van der Waals surface area (Å²) in [6, 6.07) is 14.0. The number of hydrogen-bond acceptors (Lipinski definition) is 6. The molecule has 0 heterocycles. The number of hydrogen-bond donors (Lipinski definition) is 1. The summed E-state index contributed by atoms with van der Waals surface area (Å²) in [5, 5.41) is 12.8. The highest BCUT2D eigenvalue weighted by Gasteiger charge is 2.25. The van der Waals surface area contributed by atoms with Crippen molar-refractivity contribution >= 4 is 17.4 Å². The summed E-state index contributed by atoms with van der Waals surface area (Å²) in [5.41, 5.74) is 6.18. The largest absolute Gasteiger partial charge is 0.490 e. The van der Waals surface area contributed by atoms with E-state index in [1.54, 1.807) is 13.0 Å². The molecule has 6 nitrogen and oxygen atoms in total. The topological polar surface area (TPSA) is 83.7 Å². The van der Waals surface area contributed by atoms with Crippen molar-refractivity contribution in [2.45, 2.75) is 52.7 Å². The number of nitrogens with zero attached hydrogens (tertiary/aromatic N) is 2. The normalized spacial score (nSPS) is 15.2. The van der Waals surface area contributed by atoms with Crippen LogP contribution in [0.25, 0.3) is 5.70 Å². The van der Waals surface area contributed by atoms with Gasteiger partial charge >= 0.3 is 5.97 Å². The Morgan fingerprint density at radius 3 is 2.82 bits per heavy atom. The van der Waals surface area contributed by atoms with Gasteiger partial charge in [0.15, 0.2) is 0 Å². The van der Waals surface area contributed by atoms with E-state index in [0.717, 1.165) is 29.7 Å². The molecule has 0 spiro atoms. The molecule has 1 atom stereocenters. The van der Waals surface area contributed by atoms with Crippen molar-refractivity contribution in [3.8, 4) is 11.8 Å². The van der Waals surface area contributed by atoms with E-state index in [-0.39, 0.29) is 24.7 Å². The number of ether oxygens (including phenoxy) is 2. The number of aliphatic imine (C=N–C) groups is 1. The first-order valence-electron chi connectivity index (χ1n) is 11.3. The van der Waals surface area contributed by atoms with Crippen LogP contribution in [-0.2, 0) is 16.0 Å². The summed E-state index contributed by atoms with van der Waals surface area (Å²) in [6.07, 6.45) is 1.79. The Morgan fingerprint density at radius 2 is 2.12 bits per heavy atom. The second kappa shape index (κ2) is 10.9. The van der Waals surface area contributed by atoms with E-state index in [1.165, 1.54) is 11.1 Å². The molecular formula is C27H31N3O3. The SMILES string of the molecule is C=C(N=C(C)c1ccc(OC(C)C)c(C#N)c1)c1cccc2c1CCC2NCC(=O)OCC. The maximum absolute atomic E-state index is 11.7. The quantitative estimate of drug-likeness (QED) is 0.435. The zero-order chi connectivity index (χ0) is 24.0. The molecule has 0 fully saturated rings. The summed E-state index contributed by atoms with van der Waals surface area (Å²) in [7, 11) is 0. The predicted octanol–water partition coefficient (Wildman–Crippen LogP) is 4.97. The van der Waals surface area contributed by atoms with Gasteiger partial charge in [0.1, 0.15) is 11.8 Å². The van der Waals surface area contributed by atoms with Gasteiger partial charge in [-0.15, -0.1) is 0 Å². The summed E-state index contributed by atoms with van der Waals surface area (Å²) >= 11 is 0. The Balaban J connectivity index is 1.80. The Morgan fingerprint density at radius 1 is 1.33 bits per heavy atom. The van der Waals surface area contributed by atoms with Crippen LogP contribution >= 0.6 is 0 Å². The monoisotopic (exact) mass is 445 g/mol. The second-order valence-corrected chi connectivity index (χ2v) is 8.28. The van der Waals surface area contributed by atoms with E-state index in [2.05, 4.69) is 24.0 Å². The molecule has 0 aliphatic heterocycles. The summed E-state index contributed by atoms with van der Waals surface area (Å²) in [4.78, 5) is 16.5. The lowest BCUT2D eigenvalue weighted by atomic mass is 10.00. The fraction of sp³-hybridized carbons (Fsp3) is 0.370. The molecule has 1 aliphatic rings. The van der Waals surface area contributed by atoms with Gasteiger partial charge in [-0.2, -0.15) is 5.26 Å². The van der Waals surface area contributed by atoms with E-state index in [9.17, 15) is 10.1 Å². The lowest BCUT2D eigenvalue weighted by Crippen LogP contribution is -2.27. The number of rotatable bonds is 9. The number of esters is 1. The highest BCUT2D eigenvalue weighted by Crippen LogP contribution is 2.36. The van der Waals surface area contributed by atoms with Gasteiger partial charge in [0, 0.05) is 17.3 Å². The molecule has 0 radical (unpaired) electrons. The Kier molecular flexibility index (Phi) is 8.02. The molecule has 0 saturated heterocycles. The first kappa shape index (κ1) is 24.2. The van der Waals surface area contributed by atoms with Gasteiger partial charge in [-0.1, -0.05) is 24.8 Å². The molecule has 2 aromatic carbocycles. The van der Waals surface area contributed by atoms with Crippen LogP contribution in [0.15, 0.2) is 48.0 Å². The highest BCUT2D eigenvalue weighted by molar-refractivity contribution is 6.02. The zero-order valence-electron chi connectivity index (χ0n) is 19.8. The number of carbonyl (C=O) groups excluding carboxylic acids is 1. The fourth-order valence-electron chi connectivity index (χ4n) is 4.08. The lowest BCUT2D eigenvalue weighted by molar-refractivity contribution is -0.142. The van der Waals surface area contributed by atoms with Gasteiger partial charge in [-0.25, -0.2) is 0 Å². The van der Waals surface area contributed by atoms with Gasteiger partial charge in [0.25, 0.3) is 0 Å². The molecule has 1 unspecified atom stereocenters. The molecule has 0 aromatic heterocycles. The maximum atomic E-state index is 11.7. The standard InChI is InChI=1S/C27H31N3O3/c1-6-32-27(31)16-29-25-12-11-23-22(8-7-9-24(23)25)19(5)30-18(4)20-10-13-26(33-17(2)3)21(14-20)15-28/h7-10,13-14,17,25,29H,5-6,11-12,16H2,1-4H3. The van der Waals surface area contributed by atoms with Crippen molar-refractivity contribution in [2.24, 2.45) is 4.99 Å². The smallest absolute Gasteiger partial charge is 0.319 e. The van der Waals surface area contributed by atoms with Gasteiger partial charge in [0.05, 0.1) is 30.5 Å². The van der Waals surface area contributed by atoms with Gasteiger partial charge < -0.3 is 14.8 Å². The molecule has 0 amide bonds. The van der Waals surface area contributed by atoms with Crippen LogP contribution in [-0.4, -0.2) is 30.9 Å².